The van der Waals surface area contributed by atoms with Crippen molar-refractivity contribution >= 4 is 51.8 Å². The number of hydrogen-bond acceptors (Lipinski definition) is 8. The van der Waals surface area contributed by atoms with Crippen LogP contribution in [0.4, 0.5) is 15.3 Å². The number of H-pyrrole nitrogens is 2. The molecule has 3 aliphatic rings. The van der Waals surface area contributed by atoms with Crippen molar-refractivity contribution in [1.29, 1.82) is 0 Å². The number of fused-ring (bicyclic) bond motifs is 2. The fourth-order valence-corrected chi connectivity index (χ4v) is 11.1. The van der Waals surface area contributed by atoms with E-state index in [1.165, 1.54) is 47.7 Å². The number of carbonyl (C=O) groups excluding carboxylic acids is 3. The molecule has 6 atom stereocenters. The summed E-state index contributed by atoms with van der Waals surface area (Å²) < 4.78 is 4.84. The Morgan fingerprint density at radius 1 is 0.746 bits per heavy atom. The Bertz CT molecular complexity index is 2660. The summed E-state index contributed by atoms with van der Waals surface area (Å²) in [6, 6.07) is 15.8. The third-order valence-corrected chi connectivity index (χ3v) is 14.5. The maximum Gasteiger partial charge on any atom is 0.407 e. The first-order chi connectivity index (χ1) is 31.8. The molecule has 0 spiro atoms. The average Bonchev–Trinajstić information content (AvgIpc) is 4.13. The molecular formula is C52H69N9O6. The molecule has 2 aromatic heterocycles. The third-order valence-electron chi connectivity index (χ3n) is 14.5. The number of anilines is 1. The number of rotatable bonds is 11. The van der Waals surface area contributed by atoms with Crippen LogP contribution in [0.2, 0.25) is 0 Å². The summed E-state index contributed by atoms with van der Waals surface area (Å²) in [4.78, 5) is 76.9. The number of carbonyl (C=O) groups is 4. The number of methoxy groups -OCH3 is 1. The maximum atomic E-state index is 14.0. The highest BCUT2D eigenvalue weighted by molar-refractivity contribution is 5.87. The lowest BCUT2D eigenvalue weighted by Crippen LogP contribution is -2.51. The van der Waals surface area contributed by atoms with Gasteiger partial charge in [0, 0.05) is 25.8 Å². The fourth-order valence-electron chi connectivity index (χ4n) is 11.1. The molecule has 3 saturated heterocycles. The number of nitrogens with one attached hydrogen (secondary N) is 3. The molecule has 15 heteroatoms. The van der Waals surface area contributed by atoms with Crippen LogP contribution in [0.1, 0.15) is 151 Å². The Labute approximate surface area is 394 Å². The van der Waals surface area contributed by atoms with Gasteiger partial charge < -0.3 is 39.8 Å². The lowest BCUT2D eigenvalue weighted by molar-refractivity contribution is -0.138. The SMILES string of the molecule is COC(=O)N[C@H](C(=O)N1CCC[C@H]1c1nc2ccc([C@H]3CC[C@H](c4ccc5nc([C@@H]6CCCN6C(=O)[C@H](C(C)C)N(C)C(=O)O)[nH]c5c4)N3c3c(C)cc(C(C)(C)C)cc3C)cc2[nH]1)C(C)C. The predicted octanol–water partition coefficient (Wildman–Crippen LogP) is 9.78. The molecule has 5 heterocycles. The number of benzene rings is 3. The normalized spacial score (nSPS) is 20.9. The van der Waals surface area contributed by atoms with Crippen molar-refractivity contribution < 1.29 is 29.0 Å². The van der Waals surface area contributed by atoms with Crippen molar-refractivity contribution in [2.75, 3.05) is 32.1 Å². The van der Waals surface area contributed by atoms with E-state index in [2.05, 4.69) is 103 Å². The fraction of sp³-hybridized carbons (Fsp3) is 0.538. The zero-order valence-electron chi connectivity index (χ0n) is 41.1. The molecule has 15 nitrogen and oxygen atoms in total. The number of aromatic nitrogens is 4. The van der Waals surface area contributed by atoms with E-state index in [1.807, 2.05) is 37.5 Å². The number of hydrogen-bond donors (Lipinski definition) is 4. The van der Waals surface area contributed by atoms with Gasteiger partial charge in [-0.2, -0.15) is 0 Å². The summed E-state index contributed by atoms with van der Waals surface area (Å²) in [5, 5.41) is 12.5. The molecule has 4 N–H and O–H groups in total. The van der Waals surface area contributed by atoms with E-state index in [1.54, 1.807) is 0 Å². The molecule has 3 aromatic carbocycles. The molecule has 0 aliphatic carbocycles. The summed E-state index contributed by atoms with van der Waals surface area (Å²) >= 11 is 0. The van der Waals surface area contributed by atoms with E-state index in [0.29, 0.717) is 13.1 Å². The second-order valence-electron chi connectivity index (χ2n) is 20.8. The molecular weight excluding hydrogens is 847 g/mol. The van der Waals surface area contributed by atoms with Crippen molar-refractivity contribution in [3.63, 3.8) is 0 Å². The minimum atomic E-state index is -1.12. The molecule has 0 saturated carbocycles. The number of nitrogens with zero attached hydrogens (tertiary/aromatic N) is 6. The van der Waals surface area contributed by atoms with Gasteiger partial charge >= 0.3 is 12.2 Å². The van der Waals surface area contributed by atoms with Crippen LogP contribution in [0.5, 0.6) is 0 Å². The standard InChI is InChI=1S/C52H69N9O6/c1-28(2)43(57-50(64)67-11)48(62)59-22-12-14-41(59)46-53-35-18-16-32(26-37(35)55-46)39-20-21-40(61(39)45-30(5)24-34(25-31(45)6)52(7,8)9)33-17-19-36-38(27-33)56-47(54-36)42-15-13-23-60(42)49(63)44(29(3)4)58(10)51(65)66/h16-19,24-29,39-44H,12-15,20-23H2,1-11H3,(H,53,55)(H,54,56)(H,57,64)(H,65,66)/t39-,40-,41+,42+,43+,44+/m1/s1. The Hall–Kier alpha value is -6.12. The van der Waals surface area contributed by atoms with Crippen LogP contribution in [0.15, 0.2) is 48.5 Å². The third kappa shape index (κ3) is 9.05. The van der Waals surface area contributed by atoms with Crippen molar-refractivity contribution in [1.82, 2.24) is 40.0 Å². The van der Waals surface area contributed by atoms with Crippen LogP contribution in [-0.2, 0) is 19.7 Å². The first-order valence-electron chi connectivity index (χ1n) is 24.1. The summed E-state index contributed by atoms with van der Waals surface area (Å²) in [6.07, 6.45) is 3.24. The van der Waals surface area contributed by atoms with Gasteiger partial charge in [-0.15, -0.1) is 0 Å². The van der Waals surface area contributed by atoms with Crippen LogP contribution < -0.4 is 10.2 Å². The quantitative estimate of drug-likeness (QED) is 0.100. The van der Waals surface area contributed by atoms with E-state index in [-0.39, 0.29) is 53.2 Å². The van der Waals surface area contributed by atoms with Crippen LogP contribution in [0, 0.1) is 25.7 Å². The average molecular weight is 916 g/mol. The minimum Gasteiger partial charge on any atom is -0.465 e. The lowest BCUT2D eigenvalue weighted by Gasteiger charge is -2.36. The van der Waals surface area contributed by atoms with Gasteiger partial charge in [0.15, 0.2) is 0 Å². The summed E-state index contributed by atoms with van der Waals surface area (Å²) in [7, 11) is 2.77. The van der Waals surface area contributed by atoms with E-state index in [9.17, 15) is 24.3 Å². The molecule has 8 rings (SSSR count). The molecule has 3 fully saturated rings. The van der Waals surface area contributed by atoms with Gasteiger partial charge in [-0.3, -0.25) is 14.5 Å². The second-order valence-corrected chi connectivity index (χ2v) is 20.8. The summed E-state index contributed by atoms with van der Waals surface area (Å²) in [6.45, 7) is 19.9. The number of likely N-dealkylation sites (tertiary alicyclic amines) is 2. The van der Waals surface area contributed by atoms with Gasteiger partial charge in [0.2, 0.25) is 11.8 Å². The number of alkyl carbamates (subject to hydrolysis) is 1. The van der Waals surface area contributed by atoms with Crippen LogP contribution in [0.25, 0.3) is 22.1 Å². The van der Waals surface area contributed by atoms with Gasteiger partial charge in [-0.05, 0) is 122 Å². The minimum absolute atomic E-state index is 0.0148. The Morgan fingerprint density at radius 3 is 1.67 bits per heavy atom. The smallest absolute Gasteiger partial charge is 0.407 e. The number of aromatic amines is 2. The number of likely N-dealkylation sites (N-methyl/N-ethyl adjacent to an activating group) is 1. The first-order valence-corrected chi connectivity index (χ1v) is 24.1. The number of imidazole rings is 2. The zero-order valence-corrected chi connectivity index (χ0v) is 41.1. The Morgan fingerprint density at radius 2 is 1.24 bits per heavy atom. The number of carboxylic acid groups (broad SMARTS) is 1. The van der Waals surface area contributed by atoms with Gasteiger partial charge in [-0.25, -0.2) is 19.6 Å². The predicted molar refractivity (Wildman–Crippen MR) is 260 cm³/mol. The van der Waals surface area contributed by atoms with E-state index < -0.39 is 24.3 Å². The van der Waals surface area contributed by atoms with E-state index in [0.717, 1.165) is 77.1 Å². The molecule has 0 unspecified atom stereocenters. The van der Waals surface area contributed by atoms with Crippen LogP contribution in [-0.4, -0.2) is 103 Å². The molecule has 0 bridgehead atoms. The summed E-state index contributed by atoms with van der Waals surface area (Å²) in [5.41, 5.74) is 10.8. The number of ether oxygens (including phenoxy) is 1. The highest BCUT2D eigenvalue weighted by atomic mass is 16.5. The number of aryl methyl sites for hydroxylation is 2. The topological polar surface area (TPSA) is 180 Å². The van der Waals surface area contributed by atoms with Gasteiger partial charge in [0.25, 0.3) is 0 Å². The van der Waals surface area contributed by atoms with Crippen LogP contribution in [0.3, 0.4) is 0 Å². The lowest BCUT2D eigenvalue weighted by atomic mass is 9.84. The second kappa shape index (κ2) is 18.5. The van der Waals surface area contributed by atoms with E-state index in [4.69, 9.17) is 14.7 Å². The summed E-state index contributed by atoms with van der Waals surface area (Å²) in [5.74, 6) is 0.820. The monoisotopic (exact) mass is 916 g/mol. The largest absolute Gasteiger partial charge is 0.465 e. The highest BCUT2D eigenvalue weighted by Gasteiger charge is 2.42. The molecule has 5 aromatic rings. The van der Waals surface area contributed by atoms with Gasteiger partial charge in [0.05, 0.1) is 53.3 Å². The van der Waals surface area contributed by atoms with E-state index >= 15 is 0 Å². The zero-order chi connectivity index (χ0) is 48.2. The molecule has 3 aliphatic heterocycles. The first kappa shape index (κ1) is 47.4. The Balaban J connectivity index is 1.13. The molecule has 0 radical (unpaired) electrons. The van der Waals surface area contributed by atoms with Crippen molar-refractivity contribution in [2.45, 2.75) is 143 Å². The Kier molecular flexibility index (Phi) is 13.1. The van der Waals surface area contributed by atoms with Gasteiger partial charge in [-0.1, -0.05) is 72.7 Å². The van der Waals surface area contributed by atoms with Gasteiger partial charge in [0.1, 0.15) is 23.7 Å². The van der Waals surface area contributed by atoms with Crippen molar-refractivity contribution in [2.24, 2.45) is 11.8 Å². The molecule has 358 valence electrons. The van der Waals surface area contributed by atoms with Crippen molar-refractivity contribution in [3.05, 3.63) is 88.0 Å². The van der Waals surface area contributed by atoms with Crippen molar-refractivity contribution in [3.8, 4) is 0 Å². The maximum absolute atomic E-state index is 14.0. The molecule has 4 amide bonds. The highest BCUT2D eigenvalue weighted by Crippen LogP contribution is 2.50. The van der Waals surface area contributed by atoms with Crippen LogP contribution >= 0.6 is 0 Å². The molecule has 67 heavy (non-hydrogen) atoms. The number of amides is 4.